The molecule has 0 saturated heterocycles. The van der Waals surface area contributed by atoms with E-state index in [0.717, 1.165) is 0 Å². The third-order valence-corrected chi connectivity index (χ3v) is 2.95. The summed E-state index contributed by atoms with van der Waals surface area (Å²) in [6.45, 7) is 1.82. The first-order valence-corrected chi connectivity index (χ1v) is 6.55. The van der Waals surface area contributed by atoms with Crippen LogP contribution in [0, 0.1) is 0 Å². The van der Waals surface area contributed by atoms with Crippen LogP contribution < -0.4 is 18.9 Å². The van der Waals surface area contributed by atoms with Crippen molar-refractivity contribution in [2.45, 2.75) is 13.0 Å². The van der Waals surface area contributed by atoms with E-state index in [1.807, 2.05) is 18.2 Å². The zero-order chi connectivity index (χ0) is 14.7. The smallest absolute Gasteiger partial charge is 0.352 e. The van der Waals surface area contributed by atoms with Gasteiger partial charge in [0.25, 0.3) is 0 Å². The molecule has 3 rings (SSSR count). The van der Waals surface area contributed by atoms with E-state index in [-0.39, 0.29) is 6.79 Å². The quantitative estimate of drug-likeness (QED) is 0.639. The van der Waals surface area contributed by atoms with E-state index >= 15 is 0 Å². The van der Waals surface area contributed by atoms with Crippen molar-refractivity contribution in [3.8, 4) is 23.0 Å². The molecule has 0 radical (unpaired) electrons. The van der Waals surface area contributed by atoms with E-state index in [0.29, 0.717) is 23.0 Å². The van der Waals surface area contributed by atoms with Gasteiger partial charge in [0.1, 0.15) is 11.5 Å². The average molecular weight is 286 g/mol. The zero-order valence-corrected chi connectivity index (χ0v) is 11.4. The molecule has 108 valence electrons. The first kappa shape index (κ1) is 13.3. The van der Waals surface area contributed by atoms with Crippen molar-refractivity contribution in [2.24, 2.45) is 0 Å². The number of hydrogen-bond acceptors (Lipinski definition) is 5. The van der Waals surface area contributed by atoms with Crippen LogP contribution in [-0.2, 0) is 4.79 Å². The SMILES string of the molecule is C[C@@H](Oc1ccccc1)C(=O)Oc1ccc2c(c1)OCO2. The normalized spacial score (nSPS) is 13.6. The summed E-state index contributed by atoms with van der Waals surface area (Å²) in [7, 11) is 0. The maximum absolute atomic E-state index is 12.0. The lowest BCUT2D eigenvalue weighted by molar-refractivity contribution is -0.141. The Morgan fingerprint density at radius 3 is 2.62 bits per heavy atom. The molecule has 0 aliphatic carbocycles. The van der Waals surface area contributed by atoms with Gasteiger partial charge in [-0.05, 0) is 31.2 Å². The fraction of sp³-hybridized carbons (Fsp3) is 0.188. The highest BCUT2D eigenvalue weighted by Gasteiger charge is 2.19. The predicted octanol–water partition coefficient (Wildman–Crippen LogP) is 2.79. The number of ether oxygens (including phenoxy) is 4. The molecule has 21 heavy (non-hydrogen) atoms. The molecule has 5 nitrogen and oxygen atoms in total. The highest BCUT2D eigenvalue weighted by atomic mass is 16.7. The van der Waals surface area contributed by atoms with Crippen LogP contribution in [-0.4, -0.2) is 18.9 Å². The number of hydrogen-bond donors (Lipinski definition) is 0. The van der Waals surface area contributed by atoms with Crippen LogP contribution in [0.1, 0.15) is 6.92 Å². The van der Waals surface area contributed by atoms with Crippen molar-refractivity contribution in [1.82, 2.24) is 0 Å². The van der Waals surface area contributed by atoms with Crippen molar-refractivity contribution < 1.29 is 23.7 Å². The van der Waals surface area contributed by atoms with Gasteiger partial charge < -0.3 is 18.9 Å². The van der Waals surface area contributed by atoms with E-state index in [1.165, 1.54) is 0 Å². The Labute approximate surface area is 122 Å². The van der Waals surface area contributed by atoms with E-state index in [4.69, 9.17) is 18.9 Å². The lowest BCUT2D eigenvalue weighted by Gasteiger charge is -2.13. The molecule has 0 bridgehead atoms. The van der Waals surface area contributed by atoms with Crippen LogP contribution in [0.2, 0.25) is 0 Å². The first-order chi connectivity index (χ1) is 10.2. The average Bonchev–Trinajstić information content (AvgIpc) is 2.95. The summed E-state index contributed by atoms with van der Waals surface area (Å²) in [5, 5.41) is 0. The van der Waals surface area contributed by atoms with Gasteiger partial charge in [0, 0.05) is 6.07 Å². The summed E-state index contributed by atoms with van der Waals surface area (Å²) < 4.78 is 21.2. The van der Waals surface area contributed by atoms with Crippen molar-refractivity contribution >= 4 is 5.97 Å². The minimum Gasteiger partial charge on any atom is -0.479 e. The minimum absolute atomic E-state index is 0.181. The maximum Gasteiger partial charge on any atom is 0.352 e. The summed E-state index contributed by atoms with van der Waals surface area (Å²) in [5.74, 6) is 1.75. The number of benzene rings is 2. The van der Waals surface area contributed by atoms with Crippen LogP contribution in [0.5, 0.6) is 23.0 Å². The molecule has 0 fully saturated rings. The fourth-order valence-corrected chi connectivity index (χ4v) is 1.89. The van der Waals surface area contributed by atoms with Crippen LogP contribution in [0.3, 0.4) is 0 Å². The minimum atomic E-state index is -0.710. The highest BCUT2D eigenvalue weighted by molar-refractivity contribution is 5.77. The molecule has 0 spiro atoms. The van der Waals surface area contributed by atoms with Gasteiger partial charge in [-0.2, -0.15) is 0 Å². The molecule has 2 aromatic rings. The van der Waals surface area contributed by atoms with Crippen LogP contribution in [0.4, 0.5) is 0 Å². The van der Waals surface area contributed by atoms with Gasteiger partial charge in [0.2, 0.25) is 6.79 Å². The molecule has 5 heteroatoms. The third-order valence-electron chi connectivity index (χ3n) is 2.95. The van der Waals surface area contributed by atoms with Crippen molar-refractivity contribution in [3.63, 3.8) is 0 Å². The molecule has 1 heterocycles. The molecule has 0 amide bonds. The van der Waals surface area contributed by atoms with Gasteiger partial charge in [-0.15, -0.1) is 0 Å². The van der Waals surface area contributed by atoms with E-state index < -0.39 is 12.1 Å². The molecule has 1 aliphatic heterocycles. The summed E-state index contributed by atoms with van der Waals surface area (Å²) >= 11 is 0. The van der Waals surface area contributed by atoms with Crippen molar-refractivity contribution in [1.29, 1.82) is 0 Å². The zero-order valence-electron chi connectivity index (χ0n) is 11.4. The lowest BCUT2D eigenvalue weighted by atomic mass is 10.3. The van der Waals surface area contributed by atoms with Gasteiger partial charge in [0.15, 0.2) is 17.6 Å². The molecule has 1 aliphatic rings. The van der Waals surface area contributed by atoms with Gasteiger partial charge in [-0.3, -0.25) is 0 Å². The Hall–Kier alpha value is -2.69. The molecular formula is C16H14O5. The summed E-state index contributed by atoms with van der Waals surface area (Å²) in [6, 6.07) is 14.1. The standard InChI is InChI=1S/C16H14O5/c1-11(20-12-5-3-2-4-6-12)16(17)21-13-7-8-14-15(9-13)19-10-18-14/h2-9,11H,10H2,1H3/t11-/m1/s1. The highest BCUT2D eigenvalue weighted by Crippen LogP contribution is 2.35. The van der Waals surface area contributed by atoms with Gasteiger partial charge in [-0.1, -0.05) is 18.2 Å². The second kappa shape index (κ2) is 5.75. The van der Waals surface area contributed by atoms with Gasteiger partial charge in [-0.25, -0.2) is 4.79 Å². The Morgan fingerprint density at radius 2 is 1.81 bits per heavy atom. The molecule has 2 aromatic carbocycles. The number of para-hydroxylation sites is 1. The van der Waals surface area contributed by atoms with Gasteiger partial charge in [0.05, 0.1) is 0 Å². The second-order valence-electron chi connectivity index (χ2n) is 4.51. The molecule has 0 unspecified atom stereocenters. The maximum atomic E-state index is 12.0. The Kier molecular flexibility index (Phi) is 3.64. The number of rotatable bonds is 4. The summed E-state index contributed by atoms with van der Waals surface area (Å²) in [4.78, 5) is 12.0. The summed E-state index contributed by atoms with van der Waals surface area (Å²) in [5.41, 5.74) is 0. The molecule has 0 aromatic heterocycles. The van der Waals surface area contributed by atoms with E-state index in [9.17, 15) is 4.79 Å². The van der Waals surface area contributed by atoms with Gasteiger partial charge >= 0.3 is 5.97 Å². The molecule has 0 saturated carbocycles. The number of carbonyl (C=O) groups is 1. The van der Waals surface area contributed by atoms with E-state index in [2.05, 4.69) is 0 Å². The third kappa shape index (κ3) is 3.08. The van der Waals surface area contributed by atoms with Crippen molar-refractivity contribution in [3.05, 3.63) is 48.5 Å². The Morgan fingerprint density at radius 1 is 1.05 bits per heavy atom. The van der Waals surface area contributed by atoms with Crippen LogP contribution >= 0.6 is 0 Å². The number of carbonyl (C=O) groups excluding carboxylic acids is 1. The largest absolute Gasteiger partial charge is 0.479 e. The second-order valence-corrected chi connectivity index (χ2v) is 4.51. The fourth-order valence-electron chi connectivity index (χ4n) is 1.89. The molecule has 1 atom stereocenters. The van der Waals surface area contributed by atoms with Crippen molar-refractivity contribution in [2.75, 3.05) is 6.79 Å². The number of fused-ring (bicyclic) bond motifs is 1. The monoisotopic (exact) mass is 286 g/mol. The first-order valence-electron chi connectivity index (χ1n) is 6.55. The molecular weight excluding hydrogens is 272 g/mol. The van der Waals surface area contributed by atoms with Crippen LogP contribution in [0.15, 0.2) is 48.5 Å². The predicted molar refractivity (Wildman–Crippen MR) is 74.7 cm³/mol. The lowest BCUT2D eigenvalue weighted by Crippen LogP contribution is -2.28. The van der Waals surface area contributed by atoms with E-state index in [1.54, 1.807) is 37.3 Å². The molecule has 0 N–H and O–H groups in total. The Bertz CT molecular complexity index is 638. The van der Waals surface area contributed by atoms with Crippen LogP contribution in [0.25, 0.3) is 0 Å². The summed E-state index contributed by atoms with van der Waals surface area (Å²) in [6.07, 6.45) is -0.710. The topological polar surface area (TPSA) is 54.0 Å². The number of esters is 1. The Balaban J connectivity index is 1.63.